The number of rotatable bonds is 6. The zero-order valence-corrected chi connectivity index (χ0v) is 34.7. The average Bonchev–Trinajstić information content (AvgIpc) is 4.04. The van der Waals surface area contributed by atoms with E-state index in [9.17, 15) is 0 Å². The summed E-state index contributed by atoms with van der Waals surface area (Å²) in [7, 11) is 0. The number of furan rings is 1. The number of hydrogen-bond donors (Lipinski definition) is 1. The van der Waals surface area contributed by atoms with Gasteiger partial charge in [-0.2, -0.15) is 0 Å². The fourth-order valence-corrected chi connectivity index (χ4v) is 10.6. The van der Waals surface area contributed by atoms with Gasteiger partial charge in [-0.05, 0) is 71.3 Å². The minimum absolute atomic E-state index is 0.419. The van der Waals surface area contributed by atoms with Crippen LogP contribution >= 0.6 is 11.3 Å². The van der Waals surface area contributed by atoms with Crippen LogP contribution in [0.5, 0.6) is 0 Å². The van der Waals surface area contributed by atoms with Gasteiger partial charge in [-0.15, -0.1) is 11.3 Å². The third kappa shape index (κ3) is 5.83. The van der Waals surface area contributed by atoms with Gasteiger partial charge in [0, 0.05) is 69.7 Å². The van der Waals surface area contributed by atoms with Crippen molar-refractivity contribution in [2.24, 2.45) is 9.98 Å². The molecule has 1 aliphatic rings. The molecule has 0 spiro atoms. The molecule has 12 aromatic rings. The van der Waals surface area contributed by atoms with E-state index in [-0.39, 0.29) is 0 Å². The van der Waals surface area contributed by atoms with Gasteiger partial charge < -0.3 is 14.3 Å². The molecule has 0 unspecified atom stereocenters. The predicted molar refractivity (Wildman–Crippen MR) is 264 cm³/mol. The Kier molecular flexibility index (Phi) is 8.08. The van der Waals surface area contributed by atoms with Gasteiger partial charge in [0.1, 0.15) is 22.8 Å². The molecular weight excluding hydrogens is 789 g/mol. The third-order valence-corrected chi connectivity index (χ3v) is 13.6. The molecule has 13 rings (SSSR count). The molecule has 6 heteroatoms. The highest BCUT2D eigenvalue weighted by Gasteiger charge is 2.24. The smallest absolute Gasteiger partial charge is 0.170 e. The van der Waals surface area contributed by atoms with Crippen molar-refractivity contribution in [3.05, 3.63) is 223 Å². The predicted octanol–water partition coefficient (Wildman–Crippen LogP) is 14.9. The van der Waals surface area contributed by atoms with Crippen molar-refractivity contribution in [1.29, 1.82) is 0 Å². The second-order valence-electron chi connectivity index (χ2n) is 16.1. The number of nitrogens with zero attached hydrogens (tertiary/aromatic N) is 3. The molecule has 0 radical (unpaired) electrons. The van der Waals surface area contributed by atoms with Crippen LogP contribution in [0.4, 0.5) is 0 Å². The highest BCUT2D eigenvalue weighted by atomic mass is 32.1. The molecule has 296 valence electrons. The number of fused-ring (bicyclic) bond motifs is 9. The van der Waals surface area contributed by atoms with Crippen molar-refractivity contribution < 1.29 is 4.42 Å². The van der Waals surface area contributed by atoms with Crippen molar-refractivity contribution >= 4 is 86.9 Å². The number of aliphatic imine (C=N–C) groups is 2. The van der Waals surface area contributed by atoms with Crippen molar-refractivity contribution in [2.45, 2.75) is 6.17 Å². The summed E-state index contributed by atoms with van der Waals surface area (Å²) in [5.41, 5.74) is 13.0. The largest absolute Gasteiger partial charge is 0.455 e. The van der Waals surface area contributed by atoms with Gasteiger partial charge in [0.05, 0.1) is 11.0 Å². The summed E-state index contributed by atoms with van der Waals surface area (Å²) in [5, 5.41) is 10.7. The Bertz CT molecular complexity index is 3760. The van der Waals surface area contributed by atoms with E-state index in [2.05, 4.69) is 192 Å². The maximum atomic E-state index is 6.40. The quantitative estimate of drug-likeness (QED) is 0.182. The summed E-state index contributed by atoms with van der Waals surface area (Å²) in [6, 6.07) is 73.3. The summed E-state index contributed by atoms with van der Waals surface area (Å²) in [6.45, 7) is 0. The van der Waals surface area contributed by atoms with Crippen molar-refractivity contribution in [2.75, 3.05) is 0 Å². The molecule has 1 N–H and O–H groups in total. The number of hydrogen-bond acceptors (Lipinski definition) is 5. The summed E-state index contributed by atoms with van der Waals surface area (Å²) in [6.07, 6.45) is -0.419. The standard InChI is InChI=1S/C57H36N4OS/c1-3-13-36(14-4-1)55-58-56(37-15-5-2-6-16-37)60-57(59-55)45-21-12-24-52-53(45)47-34-39(28-32-51(47)63-52)38-27-31-49-46(33-38)42-17-7-9-22-48(42)61(49)40-29-25-35(26-30-40)41-19-11-20-44-43-18-8-10-23-50(43)62-54(41)44/h1-34,57H,(H,58,59,60). The Hall–Kier alpha value is -8.06. The number of amidine groups is 2. The lowest BCUT2D eigenvalue weighted by Gasteiger charge is -2.23. The molecule has 3 aromatic heterocycles. The Morgan fingerprint density at radius 2 is 1.06 bits per heavy atom. The van der Waals surface area contributed by atoms with E-state index in [1.807, 2.05) is 35.6 Å². The van der Waals surface area contributed by atoms with Crippen LogP contribution in [0.3, 0.4) is 0 Å². The van der Waals surface area contributed by atoms with E-state index in [0.29, 0.717) is 0 Å². The summed E-state index contributed by atoms with van der Waals surface area (Å²) < 4.78 is 11.3. The molecule has 0 saturated carbocycles. The van der Waals surface area contributed by atoms with E-state index < -0.39 is 6.17 Å². The van der Waals surface area contributed by atoms with Crippen molar-refractivity contribution in [3.63, 3.8) is 0 Å². The van der Waals surface area contributed by atoms with Gasteiger partial charge in [-0.1, -0.05) is 152 Å². The Balaban J connectivity index is 0.909. The Morgan fingerprint density at radius 1 is 0.444 bits per heavy atom. The zero-order chi connectivity index (χ0) is 41.4. The van der Waals surface area contributed by atoms with Crippen LogP contribution in [-0.4, -0.2) is 16.2 Å². The first-order valence-corrected chi connectivity index (χ1v) is 22.1. The summed E-state index contributed by atoms with van der Waals surface area (Å²) in [5.74, 6) is 1.63. The first-order chi connectivity index (χ1) is 31.2. The summed E-state index contributed by atoms with van der Waals surface area (Å²) >= 11 is 1.82. The molecular formula is C57H36N4OS. The van der Waals surface area contributed by atoms with E-state index >= 15 is 0 Å². The topological polar surface area (TPSA) is 54.8 Å². The minimum Gasteiger partial charge on any atom is -0.455 e. The maximum absolute atomic E-state index is 6.40. The second-order valence-corrected chi connectivity index (χ2v) is 17.2. The first kappa shape index (κ1) is 35.7. The average molecular weight is 825 g/mol. The van der Waals surface area contributed by atoms with Gasteiger partial charge in [0.15, 0.2) is 6.17 Å². The van der Waals surface area contributed by atoms with Crippen LogP contribution in [0.25, 0.3) is 91.9 Å². The minimum atomic E-state index is -0.419. The van der Waals surface area contributed by atoms with Crippen LogP contribution < -0.4 is 5.32 Å². The lowest BCUT2D eigenvalue weighted by atomic mass is 9.98. The second kappa shape index (κ2) is 14.3. The summed E-state index contributed by atoms with van der Waals surface area (Å²) in [4.78, 5) is 10.5. The van der Waals surface area contributed by atoms with Gasteiger partial charge in [0.25, 0.3) is 0 Å². The lowest BCUT2D eigenvalue weighted by Crippen LogP contribution is -2.36. The molecule has 0 fully saturated rings. The number of aromatic nitrogens is 1. The van der Waals surface area contributed by atoms with E-state index in [1.165, 1.54) is 53.1 Å². The molecule has 0 bridgehead atoms. The lowest BCUT2D eigenvalue weighted by molar-refractivity contribution is 0.670. The normalized spacial score (nSPS) is 13.3. The molecule has 5 nitrogen and oxygen atoms in total. The van der Waals surface area contributed by atoms with Crippen molar-refractivity contribution in [1.82, 2.24) is 9.88 Å². The number of benzene rings is 9. The molecule has 63 heavy (non-hydrogen) atoms. The van der Waals surface area contributed by atoms with E-state index in [4.69, 9.17) is 14.4 Å². The van der Waals surface area contributed by atoms with Gasteiger partial charge in [0.2, 0.25) is 0 Å². The fourth-order valence-electron chi connectivity index (χ4n) is 9.52. The third-order valence-electron chi connectivity index (χ3n) is 12.5. The molecule has 0 atom stereocenters. The first-order valence-electron chi connectivity index (χ1n) is 21.3. The molecule has 0 saturated heterocycles. The monoisotopic (exact) mass is 824 g/mol. The Labute approximate surface area is 366 Å². The highest BCUT2D eigenvalue weighted by Crippen LogP contribution is 2.43. The molecule has 1 aliphatic heterocycles. The molecule has 0 aliphatic carbocycles. The fraction of sp³-hybridized carbons (Fsp3) is 0.0175. The van der Waals surface area contributed by atoms with Crippen LogP contribution in [0.1, 0.15) is 22.9 Å². The molecule has 4 heterocycles. The van der Waals surface area contributed by atoms with Crippen LogP contribution in [0.15, 0.2) is 221 Å². The van der Waals surface area contributed by atoms with Crippen molar-refractivity contribution in [3.8, 4) is 27.9 Å². The van der Waals surface area contributed by atoms with Gasteiger partial charge >= 0.3 is 0 Å². The van der Waals surface area contributed by atoms with Crippen LogP contribution in [0.2, 0.25) is 0 Å². The van der Waals surface area contributed by atoms with E-state index in [0.717, 1.165) is 67.1 Å². The number of nitrogens with one attached hydrogen (secondary N) is 1. The number of para-hydroxylation sites is 3. The SMILES string of the molecule is c1ccc(C2=NC(c3cccc4sc5ccc(-c6ccc7c(c6)c6ccccc6n7-c6ccc(-c7cccc8c7oc7ccccc78)cc6)cc5c34)N=C(c3ccccc3)N2)cc1. The highest BCUT2D eigenvalue weighted by molar-refractivity contribution is 7.25. The molecule has 0 amide bonds. The molecule has 9 aromatic carbocycles. The van der Waals surface area contributed by atoms with Gasteiger partial charge in [-0.25, -0.2) is 9.98 Å². The van der Waals surface area contributed by atoms with Gasteiger partial charge in [-0.3, -0.25) is 0 Å². The maximum Gasteiger partial charge on any atom is 0.170 e. The Morgan fingerprint density at radius 3 is 1.84 bits per heavy atom. The van der Waals surface area contributed by atoms with E-state index in [1.54, 1.807) is 0 Å². The number of thiophene rings is 1. The van der Waals surface area contributed by atoms with Crippen LogP contribution in [-0.2, 0) is 0 Å². The van der Waals surface area contributed by atoms with Crippen LogP contribution in [0, 0.1) is 0 Å². The zero-order valence-electron chi connectivity index (χ0n) is 33.9.